The highest BCUT2D eigenvalue weighted by atomic mass is 19.1. The number of para-hydroxylation sites is 1. The summed E-state index contributed by atoms with van der Waals surface area (Å²) >= 11 is 0. The Labute approximate surface area is 119 Å². The summed E-state index contributed by atoms with van der Waals surface area (Å²) in [5.41, 5.74) is 7.84. The van der Waals surface area contributed by atoms with Gasteiger partial charge in [0.05, 0.1) is 12.1 Å². The Kier molecular flexibility index (Phi) is 4.75. The lowest BCUT2D eigenvalue weighted by Gasteiger charge is -2.19. The van der Waals surface area contributed by atoms with E-state index < -0.39 is 0 Å². The third-order valence-electron chi connectivity index (χ3n) is 2.97. The molecule has 0 aliphatic heterocycles. The van der Waals surface area contributed by atoms with Gasteiger partial charge in [0.1, 0.15) is 5.82 Å². The second-order valence-corrected chi connectivity index (χ2v) is 4.51. The zero-order valence-electron chi connectivity index (χ0n) is 11.4. The van der Waals surface area contributed by atoms with Crippen molar-refractivity contribution in [2.24, 2.45) is 5.73 Å². The summed E-state index contributed by atoms with van der Waals surface area (Å²) in [7, 11) is 2.00. The van der Waals surface area contributed by atoms with Crippen LogP contribution in [0.5, 0.6) is 0 Å². The highest BCUT2D eigenvalue weighted by molar-refractivity contribution is 5.46. The minimum Gasteiger partial charge on any atom is -0.370 e. The van der Waals surface area contributed by atoms with E-state index in [2.05, 4.69) is 16.7 Å². The van der Waals surface area contributed by atoms with Crippen LogP contribution in [0.3, 0.4) is 0 Å². The smallest absolute Gasteiger partial charge is 0.138 e. The van der Waals surface area contributed by atoms with Crippen molar-refractivity contribution in [3.63, 3.8) is 0 Å². The molecule has 0 aliphatic rings. The van der Waals surface area contributed by atoms with Crippen LogP contribution in [-0.4, -0.2) is 13.6 Å². The molecule has 0 spiro atoms. The zero-order valence-corrected chi connectivity index (χ0v) is 11.4. The van der Waals surface area contributed by atoms with Crippen LogP contribution < -0.4 is 10.6 Å². The van der Waals surface area contributed by atoms with Crippen molar-refractivity contribution >= 4 is 5.69 Å². The maximum absolute atomic E-state index is 13.6. The van der Waals surface area contributed by atoms with Crippen molar-refractivity contribution in [2.45, 2.75) is 6.54 Å². The van der Waals surface area contributed by atoms with Crippen molar-refractivity contribution in [3.8, 4) is 11.8 Å². The molecule has 0 amide bonds. The summed E-state index contributed by atoms with van der Waals surface area (Å²) in [6.07, 6.45) is 0. The Hall–Kier alpha value is -2.31. The van der Waals surface area contributed by atoms with Crippen LogP contribution in [0.15, 0.2) is 48.5 Å². The number of hydrogen-bond acceptors (Lipinski definition) is 2. The summed E-state index contributed by atoms with van der Waals surface area (Å²) in [5, 5.41) is 0. The van der Waals surface area contributed by atoms with Gasteiger partial charge in [-0.3, -0.25) is 0 Å². The molecular weight excluding hydrogens is 251 g/mol. The van der Waals surface area contributed by atoms with Crippen LogP contribution in [0.2, 0.25) is 0 Å². The molecule has 0 saturated heterocycles. The fraction of sp³-hybridized carbons (Fsp3) is 0.176. The van der Waals surface area contributed by atoms with E-state index in [-0.39, 0.29) is 12.4 Å². The molecule has 0 unspecified atom stereocenters. The predicted molar refractivity (Wildman–Crippen MR) is 80.9 cm³/mol. The number of nitrogens with two attached hydrogens (primary N) is 1. The highest BCUT2D eigenvalue weighted by Crippen LogP contribution is 2.16. The van der Waals surface area contributed by atoms with Gasteiger partial charge in [-0.1, -0.05) is 36.1 Å². The Morgan fingerprint density at radius 1 is 1.15 bits per heavy atom. The molecule has 2 nitrogen and oxygen atoms in total. The largest absolute Gasteiger partial charge is 0.370 e. The lowest BCUT2D eigenvalue weighted by atomic mass is 10.1. The van der Waals surface area contributed by atoms with Crippen molar-refractivity contribution in [1.82, 2.24) is 0 Å². The average Bonchev–Trinajstić information content (AvgIpc) is 2.48. The maximum atomic E-state index is 13.6. The molecule has 0 saturated carbocycles. The minimum absolute atomic E-state index is 0.230. The van der Waals surface area contributed by atoms with Crippen molar-refractivity contribution in [2.75, 3.05) is 18.5 Å². The molecule has 2 N–H and O–H groups in total. The van der Waals surface area contributed by atoms with Crippen molar-refractivity contribution in [1.29, 1.82) is 0 Å². The lowest BCUT2D eigenvalue weighted by Crippen LogP contribution is -2.16. The average molecular weight is 268 g/mol. The molecule has 0 atom stereocenters. The molecule has 2 rings (SSSR count). The summed E-state index contributed by atoms with van der Waals surface area (Å²) in [4.78, 5) is 2.10. The first kappa shape index (κ1) is 14.1. The van der Waals surface area contributed by atoms with E-state index in [1.165, 1.54) is 6.07 Å². The summed E-state index contributed by atoms with van der Waals surface area (Å²) in [5.74, 6) is 5.13. The third kappa shape index (κ3) is 3.59. The molecule has 3 heteroatoms. The summed E-state index contributed by atoms with van der Waals surface area (Å²) in [6, 6.07) is 15.1. The van der Waals surface area contributed by atoms with Gasteiger partial charge in [0.2, 0.25) is 0 Å². The van der Waals surface area contributed by atoms with Crippen molar-refractivity contribution in [3.05, 3.63) is 65.5 Å². The molecule has 102 valence electrons. The molecule has 0 aliphatic carbocycles. The number of halogens is 1. The first-order valence-electron chi connectivity index (χ1n) is 6.44. The number of benzene rings is 2. The van der Waals surface area contributed by atoms with Crippen LogP contribution in [0.4, 0.5) is 10.1 Å². The Bertz CT molecular complexity index is 626. The first-order valence-corrected chi connectivity index (χ1v) is 6.44. The monoisotopic (exact) mass is 268 g/mol. The fourth-order valence-corrected chi connectivity index (χ4v) is 1.96. The molecule has 20 heavy (non-hydrogen) atoms. The lowest BCUT2D eigenvalue weighted by molar-refractivity contribution is 0.623. The summed E-state index contributed by atoms with van der Waals surface area (Å²) in [6.45, 7) is 0.926. The van der Waals surface area contributed by atoms with Crippen LogP contribution >= 0.6 is 0 Å². The Balaban J connectivity index is 2.18. The van der Waals surface area contributed by atoms with Gasteiger partial charge in [-0.25, -0.2) is 4.39 Å². The SMILES string of the molecule is CN(Cc1ccc(F)c(C#CCN)c1)c1ccccc1. The quantitative estimate of drug-likeness (QED) is 0.867. The fourth-order valence-electron chi connectivity index (χ4n) is 1.96. The molecule has 0 aromatic heterocycles. The topological polar surface area (TPSA) is 29.3 Å². The molecular formula is C17H17FN2. The molecule has 0 fully saturated rings. The second kappa shape index (κ2) is 6.74. The van der Waals surface area contributed by atoms with E-state index in [9.17, 15) is 4.39 Å². The van der Waals surface area contributed by atoms with Crippen LogP contribution in [0.25, 0.3) is 0 Å². The van der Waals surface area contributed by atoms with E-state index >= 15 is 0 Å². The molecule has 2 aromatic rings. The van der Waals surface area contributed by atoms with Crippen molar-refractivity contribution < 1.29 is 4.39 Å². The van der Waals surface area contributed by atoms with Gasteiger partial charge < -0.3 is 10.6 Å². The van der Waals surface area contributed by atoms with Crippen LogP contribution in [0, 0.1) is 17.7 Å². The number of nitrogens with zero attached hydrogens (tertiary/aromatic N) is 1. The second-order valence-electron chi connectivity index (χ2n) is 4.51. The molecule has 2 aromatic carbocycles. The van der Waals surface area contributed by atoms with E-state index in [1.807, 2.05) is 37.4 Å². The zero-order chi connectivity index (χ0) is 14.4. The van der Waals surface area contributed by atoms with Gasteiger partial charge >= 0.3 is 0 Å². The van der Waals surface area contributed by atoms with Gasteiger partial charge in [0.25, 0.3) is 0 Å². The molecule has 0 heterocycles. The van der Waals surface area contributed by atoms with E-state index in [1.54, 1.807) is 12.1 Å². The van der Waals surface area contributed by atoms with Gasteiger partial charge in [0, 0.05) is 19.3 Å². The number of hydrogen-bond donors (Lipinski definition) is 1. The number of rotatable bonds is 3. The number of anilines is 1. The van der Waals surface area contributed by atoms with Crippen LogP contribution in [-0.2, 0) is 6.54 Å². The molecule has 0 bridgehead atoms. The minimum atomic E-state index is -0.308. The van der Waals surface area contributed by atoms with Gasteiger partial charge in [-0.2, -0.15) is 0 Å². The highest BCUT2D eigenvalue weighted by Gasteiger charge is 2.05. The molecule has 0 radical (unpaired) electrons. The predicted octanol–water partition coefficient (Wildman–Crippen LogP) is 2.77. The normalized spacial score (nSPS) is 9.75. The van der Waals surface area contributed by atoms with Crippen LogP contribution in [0.1, 0.15) is 11.1 Å². The standard InChI is InChI=1S/C17H17FN2/c1-20(16-7-3-2-4-8-16)13-14-9-10-17(18)15(12-14)6-5-11-19/h2-4,7-10,12H,11,13,19H2,1H3. The maximum Gasteiger partial charge on any atom is 0.138 e. The van der Waals surface area contributed by atoms with E-state index in [0.717, 1.165) is 11.3 Å². The van der Waals surface area contributed by atoms with Gasteiger partial charge in [-0.15, -0.1) is 0 Å². The van der Waals surface area contributed by atoms with Gasteiger partial charge in [-0.05, 0) is 29.8 Å². The van der Waals surface area contributed by atoms with E-state index in [4.69, 9.17) is 5.73 Å². The van der Waals surface area contributed by atoms with E-state index in [0.29, 0.717) is 12.1 Å². The third-order valence-corrected chi connectivity index (χ3v) is 2.97. The Morgan fingerprint density at radius 2 is 1.90 bits per heavy atom. The summed E-state index contributed by atoms with van der Waals surface area (Å²) < 4.78 is 13.6. The first-order chi connectivity index (χ1) is 9.70. The van der Waals surface area contributed by atoms with Gasteiger partial charge in [0.15, 0.2) is 0 Å². The Morgan fingerprint density at radius 3 is 2.60 bits per heavy atom.